The molecule has 1 aromatic heterocycles. The van der Waals surface area contributed by atoms with Crippen LogP contribution in [0.25, 0.3) is 0 Å². The zero-order chi connectivity index (χ0) is 14.1. The summed E-state index contributed by atoms with van der Waals surface area (Å²) in [4.78, 5) is 0. The normalized spacial score (nSPS) is 11.9. The van der Waals surface area contributed by atoms with Gasteiger partial charge < -0.3 is 14.0 Å². The molecule has 0 radical (unpaired) electrons. The molecule has 8 heteroatoms. The number of ether oxygens (including phenoxy) is 2. The monoisotopic (exact) mass is 292 g/mol. The van der Waals surface area contributed by atoms with Gasteiger partial charge in [0.1, 0.15) is 5.76 Å². The molecule has 0 bridgehead atoms. The second-order valence-electron chi connectivity index (χ2n) is 4.00. The van der Waals surface area contributed by atoms with Gasteiger partial charge in [-0.15, -0.1) is 0 Å². The van der Waals surface area contributed by atoms with Crippen molar-refractivity contribution in [2.45, 2.75) is 13.3 Å². The zero-order valence-electron chi connectivity index (χ0n) is 11.2. The van der Waals surface area contributed by atoms with Crippen molar-refractivity contribution in [3.63, 3.8) is 0 Å². The largest absolute Gasteiger partial charge is 0.382 e. The molecular formula is C11H20N2O5S. The maximum Gasteiger partial charge on any atom is 0.213 e. The van der Waals surface area contributed by atoms with Crippen molar-refractivity contribution in [1.82, 2.24) is 9.88 Å². The van der Waals surface area contributed by atoms with Gasteiger partial charge in [-0.05, 0) is 6.92 Å². The summed E-state index contributed by atoms with van der Waals surface area (Å²) in [5, 5.41) is 3.78. The van der Waals surface area contributed by atoms with Gasteiger partial charge in [-0.1, -0.05) is 5.16 Å². The molecule has 0 fully saturated rings. The van der Waals surface area contributed by atoms with Crippen molar-refractivity contribution in [3.8, 4) is 0 Å². The molecule has 0 saturated heterocycles. The van der Waals surface area contributed by atoms with Gasteiger partial charge in [0.15, 0.2) is 0 Å². The minimum atomic E-state index is -3.31. The number of nitrogens with zero attached hydrogens (tertiary/aromatic N) is 1. The standard InChI is InChI=1S/C11H20N2O5S/c1-10-9-11(13-18-10)3-4-12-19(14,15)8-7-17-6-5-16-2/h9,12H,3-8H2,1-2H3. The van der Waals surface area contributed by atoms with Crippen LogP contribution in [-0.4, -0.2) is 52.8 Å². The Morgan fingerprint density at radius 3 is 2.79 bits per heavy atom. The summed E-state index contributed by atoms with van der Waals surface area (Å²) >= 11 is 0. The molecule has 0 aliphatic rings. The quantitative estimate of drug-likeness (QED) is 0.615. The van der Waals surface area contributed by atoms with Gasteiger partial charge in [0, 0.05) is 26.1 Å². The lowest BCUT2D eigenvalue weighted by molar-refractivity contribution is 0.0784. The van der Waals surface area contributed by atoms with Crippen LogP contribution in [-0.2, 0) is 25.9 Å². The summed E-state index contributed by atoms with van der Waals surface area (Å²) in [6.45, 7) is 3.09. The Balaban J connectivity index is 2.16. The molecule has 0 aliphatic carbocycles. The number of sulfonamides is 1. The number of hydrogen-bond donors (Lipinski definition) is 1. The highest BCUT2D eigenvalue weighted by molar-refractivity contribution is 7.89. The van der Waals surface area contributed by atoms with Gasteiger partial charge in [0.2, 0.25) is 10.0 Å². The molecule has 110 valence electrons. The minimum absolute atomic E-state index is 0.0610. The Kier molecular flexibility index (Phi) is 7.00. The zero-order valence-corrected chi connectivity index (χ0v) is 12.0. The molecule has 0 unspecified atom stereocenters. The molecule has 0 saturated carbocycles. The van der Waals surface area contributed by atoms with Gasteiger partial charge in [0.25, 0.3) is 0 Å². The van der Waals surface area contributed by atoms with Gasteiger partial charge in [0.05, 0.1) is 31.3 Å². The molecular weight excluding hydrogens is 272 g/mol. The van der Waals surface area contributed by atoms with Crippen LogP contribution in [0.1, 0.15) is 11.5 Å². The maximum absolute atomic E-state index is 11.6. The van der Waals surface area contributed by atoms with Crippen LogP contribution in [0.5, 0.6) is 0 Å². The number of rotatable bonds is 10. The van der Waals surface area contributed by atoms with Crippen molar-refractivity contribution < 1.29 is 22.4 Å². The second kappa shape index (κ2) is 8.26. The topological polar surface area (TPSA) is 90.7 Å². The summed E-state index contributed by atoms with van der Waals surface area (Å²) in [6.07, 6.45) is 0.501. The highest BCUT2D eigenvalue weighted by atomic mass is 32.2. The van der Waals surface area contributed by atoms with E-state index in [2.05, 4.69) is 9.88 Å². The minimum Gasteiger partial charge on any atom is -0.382 e. The summed E-state index contributed by atoms with van der Waals surface area (Å²) in [5.74, 6) is 0.651. The fourth-order valence-corrected chi connectivity index (χ4v) is 2.25. The third kappa shape index (κ3) is 7.26. The lowest BCUT2D eigenvalue weighted by Gasteiger charge is -2.06. The first kappa shape index (κ1) is 16.1. The van der Waals surface area contributed by atoms with E-state index in [1.807, 2.05) is 0 Å². The summed E-state index contributed by atoms with van der Waals surface area (Å²) in [7, 11) is -1.74. The van der Waals surface area contributed by atoms with Gasteiger partial charge >= 0.3 is 0 Å². The average molecular weight is 292 g/mol. The number of nitrogens with one attached hydrogen (secondary N) is 1. The number of aryl methyl sites for hydroxylation is 1. The van der Waals surface area contributed by atoms with Gasteiger partial charge in [-0.3, -0.25) is 0 Å². The van der Waals surface area contributed by atoms with Crippen LogP contribution < -0.4 is 4.72 Å². The predicted molar refractivity (Wildman–Crippen MR) is 69.4 cm³/mol. The van der Waals surface area contributed by atoms with E-state index in [-0.39, 0.29) is 12.4 Å². The lowest BCUT2D eigenvalue weighted by atomic mass is 10.3. The van der Waals surface area contributed by atoms with Gasteiger partial charge in [-0.25, -0.2) is 13.1 Å². The Morgan fingerprint density at radius 2 is 2.16 bits per heavy atom. The molecule has 1 heterocycles. The smallest absolute Gasteiger partial charge is 0.213 e. The van der Waals surface area contributed by atoms with Crippen LogP contribution in [0.3, 0.4) is 0 Å². The third-order valence-electron chi connectivity index (χ3n) is 2.31. The fraction of sp³-hybridized carbons (Fsp3) is 0.727. The van der Waals surface area contributed by atoms with E-state index in [9.17, 15) is 8.42 Å². The molecule has 0 aromatic carbocycles. The first-order valence-corrected chi connectivity index (χ1v) is 7.65. The highest BCUT2D eigenvalue weighted by Gasteiger charge is 2.10. The van der Waals surface area contributed by atoms with Crippen LogP contribution in [0, 0.1) is 6.92 Å². The van der Waals surface area contributed by atoms with Crippen LogP contribution in [0.4, 0.5) is 0 Å². The molecule has 0 aliphatic heterocycles. The van der Waals surface area contributed by atoms with E-state index >= 15 is 0 Å². The van der Waals surface area contributed by atoms with Gasteiger partial charge in [-0.2, -0.15) is 0 Å². The van der Waals surface area contributed by atoms with E-state index in [0.717, 1.165) is 5.69 Å². The summed E-state index contributed by atoms with van der Waals surface area (Å²) < 4.78 is 40.5. The first-order valence-electron chi connectivity index (χ1n) is 6.00. The van der Waals surface area contributed by atoms with Crippen molar-refractivity contribution in [3.05, 3.63) is 17.5 Å². The Labute approximate surface area is 113 Å². The van der Waals surface area contributed by atoms with E-state index in [4.69, 9.17) is 14.0 Å². The molecule has 1 aromatic rings. The van der Waals surface area contributed by atoms with E-state index in [1.54, 1.807) is 20.1 Å². The predicted octanol–water partition coefficient (Wildman–Crippen LogP) is 0.108. The van der Waals surface area contributed by atoms with Crippen molar-refractivity contribution in [2.75, 3.05) is 39.2 Å². The molecule has 19 heavy (non-hydrogen) atoms. The maximum atomic E-state index is 11.6. The fourth-order valence-electron chi connectivity index (χ4n) is 1.36. The second-order valence-corrected chi connectivity index (χ2v) is 5.92. The lowest BCUT2D eigenvalue weighted by Crippen LogP contribution is -2.30. The SMILES string of the molecule is COCCOCCS(=O)(=O)NCCc1cc(C)on1. The molecule has 1 N–H and O–H groups in total. The average Bonchev–Trinajstić information content (AvgIpc) is 2.74. The van der Waals surface area contributed by atoms with E-state index < -0.39 is 10.0 Å². The van der Waals surface area contributed by atoms with Crippen molar-refractivity contribution >= 4 is 10.0 Å². The molecule has 7 nitrogen and oxygen atoms in total. The highest BCUT2D eigenvalue weighted by Crippen LogP contribution is 2.01. The number of hydrogen-bond acceptors (Lipinski definition) is 6. The van der Waals surface area contributed by atoms with Crippen LogP contribution in [0.2, 0.25) is 0 Å². The van der Waals surface area contributed by atoms with Crippen LogP contribution in [0.15, 0.2) is 10.6 Å². The van der Waals surface area contributed by atoms with E-state index in [1.165, 1.54) is 0 Å². The Hall–Kier alpha value is -0.960. The van der Waals surface area contributed by atoms with Crippen molar-refractivity contribution in [2.24, 2.45) is 0 Å². The Bertz CT molecular complexity index is 457. The molecule has 0 spiro atoms. The Morgan fingerprint density at radius 1 is 1.37 bits per heavy atom. The summed E-state index contributed by atoms with van der Waals surface area (Å²) in [5.41, 5.74) is 0.733. The molecule has 0 atom stereocenters. The molecule has 1 rings (SSSR count). The first-order chi connectivity index (χ1) is 9.03. The number of methoxy groups -OCH3 is 1. The van der Waals surface area contributed by atoms with Crippen LogP contribution >= 0.6 is 0 Å². The number of aromatic nitrogens is 1. The van der Waals surface area contributed by atoms with E-state index in [0.29, 0.717) is 31.9 Å². The van der Waals surface area contributed by atoms with Crippen molar-refractivity contribution in [1.29, 1.82) is 0 Å². The molecule has 0 amide bonds. The summed E-state index contributed by atoms with van der Waals surface area (Å²) in [6, 6.07) is 1.78. The third-order valence-corrected chi connectivity index (χ3v) is 3.66.